The van der Waals surface area contributed by atoms with Crippen LogP contribution >= 0.6 is 0 Å². The summed E-state index contributed by atoms with van der Waals surface area (Å²) in [6, 6.07) is 11.5. The van der Waals surface area contributed by atoms with Crippen molar-refractivity contribution in [1.82, 2.24) is 24.2 Å². The Morgan fingerprint density at radius 2 is 1.82 bits per heavy atom. The second kappa shape index (κ2) is 11.6. The number of aromatic nitrogens is 3. The van der Waals surface area contributed by atoms with Gasteiger partial charge in [-0.2, -0.15) is 13.2 Å². The fourth-order valence-corrected chi connectivity index (χ4v) is 4.94. The molecule has 0 saturated carbocycles. The van der Waals surface area contributed by atoms with Crippen molar-refractivity contribution in [3.05, 3.63) is 101 Å². The molecule has 4 aromatic rings. The standard InChI is InChI=1S/C31H30F3N5O/c1-22(2)38-14-12-37(13-15-38)21-26-8-6-24(17-28(26)31(32,33)34)18-29(40)25-5-3-4-23(16-25)7-9-27-19-36-30-20-35-10-11-39(27)30/h3-6,8,10-11,16-17,19-20,22H,12-15,18,21H2,1-2H3. The number of carbonyl (C=O) groups excluding carboxylic acids is 1. The number of rotatable bonds is 6. The maximum atomic E-state index is 14.0. The predicted molar refractivity (Wildman–Crippen MR) is 147 cm³/mol. The predicted octanol–water partition coefficient (Wildman–Crippen LogP) is 5.10. The van der Waals surface area contributed by atoms with Crippen LogP contribution in [0.3, 0.4) is 0 Å². The smallest absolute Gasteiger partial charge is 0.298 e. The van der Waals surface area contributed by atoms with Crippen LogP contribution in [-0.4, -0.2) is 62.2 Å². The van der Waals surface area contributed by atoms with Gasteiger partial charge in [-0.25, -0.2) is 4.98 Å². The fourth-order valence-electron chi connectivity index (χ4n) is 4.94. The Balaban J connectivity index is 1.30. The van der Waals surface area contributed by atoms with Crippen LogP contribution in [-0.2, 0) is 19.1 Å². The van der Waals surface area contributed by atoms with Crippen LogP contribution in [0.2, 0.25) is 0 Å². The number of halogens is 3. The van der Waals surface area contributed by atoms with E-state index in [0.717, 1.165) is 32.2 Å². The third kappa shape index (κ3) is 6.41. The van der Waals surface area contributed by atoms with Gasteiger partial charge in [-0.05, 0) is 49.1 Å². The molecule has 9 heteroatoms. The monoisotopic (exact) mass is 545 g/mol. The van der Waals surface area contributed by atoms with Crippen molar-refractivity contribution in [3.8, 4) is 11.8 Å². The van der Waals surface area contributed by atoms with Crippen molar-refractivity contribution in [3.63, 3.8) is 0 Å². The number of benzene rings is 2. The molecule has 0 spiro atoms. The molecule has 2 aromatic heterocycles. The highest BCUT2D eigenvalue weighted by molar-refractivity contribution is 5.97. The topological polar surface area (TPSA) is 53.7 Å². The fraction of sp³-hybridized carbons (Fsp3) is 0.323. The van der Waals surface area contributed by atoms with Crippen molar-refractivity contribution in [2.45, 2.75) is 39.0 Å². The molecule has 0 unspecified atom stereocenters. The first-order valence-corrected chi connectivity index (χ1v) is 13.2. The number of Topliss-reactive ketones (excluding diaryl/α,β-unsaturated/α-hetero) is 1. The molecular weight excluding hydrogens is 515 g/mol. The van der Waals surface area contributed by atoms with Gasteiger partial charge in [-0.15, -0.1) is 0 Å². The Morgan fingerprint density at radius 1 is 1.02 bits per heavy atom. The molecule has 0 radical (unpaired) electrons. The van der Waals surface area contributed by atoms with E-state index in [4.69, 9.17) is 0 Å². The van der Waals surface area contributed by atoms with Crippen LogP contribution in [0.4, 0.5) is 13.2 Å². The number of piperazine rings is 1. The Hall–Kier alpha value is -4.00. The van der Waals surface area contributed by atoms with Gasteiger partial charge in [0.15, 0.2) is 11.4 Å². The number of alkyl halides is 3. The minimum atomic E-state index is -4.50. The maximum absolute atomic E-state index is 14.0. The summed E-state index contributed by atoms with van der Waals surface area (Å²) in [4.78, 5) is 25.7. The van der Waals surface area contributed by atoms with Crippen molar-refractivity contribution in [2.75, 3.05) is 26.2 Å². The molecule has 40 heavy (non-hydrogen) atoms. The number of carbonyl (C=O) groups is 1. The molecule has 0 atom stereocenters. The van der Waals surface area contributed by atoms with E-state index in [-0.39, 0.29) is 24.3 Å². The molecule has 1 aliphatic rings. The van der Waals surface area contributed by atoms with Gasteiger partial charge >= 0.3 is 6.18 Å². The van der Waals surface area contributed by atoms with Gasteiger partial charge in [0, 0.05) is 68.7 Å². The van der Waals surface area contributed by atoms with Gasteiger partial charge in [-0.3, -0.25) is 24.0 Å². The van der Waals surface area contributed by atoms with Gasteiger partial charge in [0.05, 0.1) is 18.0 Å². The van der Waals surface area contributed by atoms with Gasteiger partial charge in [0.2, 0.25) is 0 Å². The van der Waals surface area contributed by atoms with Crippen molar-refractivity contribution in [1.29, 1.82) is 0 Å². The minimum absolute atomic E-state index is 0.131. The number of imidazole rings is 1. The third-order valence-electron chi connectivity index (χ3n) is 7.21. The van der Waals surface area contributed by atoms with E-state index < -0.39 is 11.7 Å². The van der Waals surface area contributed by atoms with Crippen LogP contribution < -0.4 is 0 Å². The third-order valence-corrected chi connectivity index (χ3v) is 7.21. The molecular formula is C31H30F3N5O. The van der Waals surface area contributed by atoms with E-state index in [1.54, 1.807) is 55.1 Å². The van der Waals surface area contributed by atoms with E-state index in [9.17, 15) is 18.0 Å². The lowest BCUT2D eigenvalue weighted by molar-refractivity contribution is -0.138. The summed E-state index contributed by atoms with van der Waals surface area (Å²) in [6.07, 6.45) is 2.05. The average Bonchev–Trinajstić information content (AvgIpc) is 3.36. The molecule has 0 N–H and O–H groups in total. The van der Waals surface area contributed by atoms with Crippen molar-refractivity contribution >= 4 is 11.4 Å². The molecule has 206 valence electrons. The molecule has 3 heterocycles. The summed E-state index contributed by atoms with van der Waals surface area (Å²) < 4.78 is 43.9. The zero-order chi connectivity index (χ0) is 28.3. The highest BCUT2D eigenvalue weighted by atomic mass is 19.4. The Kier molecular flexibility index (Phi) is 8.01. The number of hydrogen-bond donors (Lipinski definition) is 0. The lowest BCUT2D eigenvalue weighted by Gasteiger charge is -2.37. The zero-order valence-electron chi connectivity index (χ0n) is 22.4. The summed E-state index contributed by atoms with van der Waals surface area (Å²) >= 11 is 0. The van der Waals surface area contributed by atoms with Crippen LogP contribution in [0.15, 0.2) is 67.3 Å². The summed E-state index contributed by atoms with van der Waals surface area (Å²) in [7, 11) is 0. The first-order valence-electron chi connectivity index (χ1n) is 13.2. The van der Waals surface area contributed by atoms with Gasteiger partial charge in [0.1, 0.15) is 5.69 Å². The van der Waals surface area contributed by atoms with Crippen LogP contribution in [0, 0.1) is 11.8 Å². The SMILES string of the molecule is CC(C)N1CCN(Cc2ccc(CC(=O)c3cccc(C#Cc4cnc5cnccn45)c3)cc2C(F)(F)F)CC1. The van der Waals surface area contributed by atoms with Gasteiger partial charge in [0.25, 0.3) is 0 Å². The number of fused-ring (bicyclic) bond motifs is 1. The largest absolute Gasteiger partial charge is 0.416 e. The average molecular weight is 546 g/mol. The molecule has 1 aliphatic heterocycles. The van der Waals surface area contributed by atoms with Crippen molar-refractivity contribution in [2.24, 2.45) is 0 Å². The molecule has 1 saturated heterocycles. The number of hydrogen-bond acceptors (Lipinski definition) is 5. The van der Waals surface area contributed by atoms with Crippen LogP contribution in [0.5, 0.6) is 0 Å². The van der Waals surface area contributed by atoms with E-state index in [2.05, 4.69) is 45.5 Å². The molecule has 1 fully saturated rings. The molecule has 2 aromatic carbocycles. The van der Waals surface area contributed by atoms with E-state index in [1.807, 2.05) is 4.40 Å². The Bertz CT molecular complexity index is 1570. The van der Waals surface area contributed by atoms with Gasteiger partial charge < -0.3 is 0 Å². The normalized spacial score (nSPS) is 14.8. The van der Waals surface area contributed by atoms with Crippen molar-refractivity contribution < 1.29 is 18.0 Å². The Labute approximate surface area is 231 Å². The van der Waals surface area contributed by atoms with Gasteiger partial charge in [-0.1, -0.05) is 30.2 Å². The maximum Gasteiger partial charge on any atom is 0.416 e. The number of nitrogens with zero attached hydrogens (tertiary/aromatic N) is 5. The number of ketones is 1. The van der Waals surface area contributed by atoms with E-state index in [0.29, 0.717) is 34.1 Å². The first-order chi connectivity index (χ1) is 19.2. The summed E-state index contributed by atoms with van der Waals surface area (Å²) in [5.74, 6) is 5.83. The zero-order valence-corrected chi connectivity index (χ0v) is 22.4. The Morgan fingerprint density at radius 3 is 2.58 bits per heavy atom. The molecule has 0 bridgehead atoms. The summed E-state index contributed by atoms with van der Waals surface area (Å²) in [5, 5.41) is 0. The highest BCUT2D eigenvalue weighted by Crippen LogP contribution is 2.34. The molecule has 6 nitrogen and oxygen atoms in total. The molecule has 0 aliphatic carbocycles. The second-order valence-corrected chi connectivity index (χ2v) is 10.3. The molecule has 0 amide bonds. The minimum Gasteiger partial charge on any atom is -0.298 e. The lowest BCUT2D eigenvalue weighted by atomic mass is 9.97. The summed E-state index contributed by atoms with van der Waals surface area (Å²) in [5.41, 5.74) is 2.27. The quantitative estimate of drug-likeness (QED) is 0.249. The lowest BCUT2D eigenvalue weighted by Crippen LogP contribution is -2.48. The molecule has 5 rings (SSSR count). The summed E-state index contributed by atoms with van der Waals surface area (Å²) in [6.45, 7) is 7.62. The van der Waals surface area contributed by atoms with E-state index >= 15 is 0 Å². The first kappa shape index (κ1) is 27.6. The van der Waals surface area contributed by atoms with Crippen LogP contribution in [0.25, 0.3) is 5.65 Å². The van der Waals surface area contributed by atoms with Crippen LogP contribution in [0.1, 0.15) is 52.2 Å². The second-order valence-electron chi connectivity index (χ2n) is 10.3. The van der Waals surface area contributed by atoms with E-state index in [1.165, 1.54) is 6.07 Å². The highest BCUT2D eigenvalue weighted by Gasteiger charge is 2.34.